The molecule has 0 amide bonds. The Balaban J connectivity index is 1.21. The van der Waals surface area contributed by atoms with E-state index in [4.69, 9.17) is 0 Å². The van der Waals surface area contributed by atoms with Crippen molar-refractivity contribution in [3.8, 4) is 0 Å². The Morgan fingerprint density at radius 3 is 1.13 bits per heavy atom. The predicted molar refractivity (Wildman–Crippen MR) is 139 cm³/mol. The highest BCUT2D eigenvalue weighted by Crippen LogP contribution is 2.30. The molecular formula is C29H58N2. The maximum Gasteiger partial charge on any atom is 0.00256 e. The second kappa shape index (κ2) is 18.4. The number of unbranched alkanes of at least 4 members (excludes halogenated alkanes) is 19. The number of hydrogen-bond acceptors (Lipinski definition) is 2. The van der Waals surface area contributed by atoms with Gasteiger partial charge < -0.3 is 9.80 Å². The number of hydrogen-bond donors (Lipinski definition) is 0. The van der Waals surface area contributed by atoms with Gasteiger partial charge in [-0.15, -0.1) is 0 Å². The monoisotopic (exact) mass is 434 g/mol. The van der Waals surface area contributed by atoms with Crippen molar-refractivity contribution in [2.24, 2.45) is 11.8 Å². The van der Waals surface area contributed by atoms with Crippen molar-refractivity contribution >= 4 is 0 Å². The molecule has 2 heterocycles. The van der Waals surface area contributed by atoms with E-state index in [1.807, 2.05) is 0 Å². The molecule has 0 aromatic heterocycles. The minimum absolute atomic E-state index is 0.982. The van der Waals surface area contributed by atoms with Crippen molar-refractivity contribution in [3.05, 3.63) is 0 Å². The van der Waals surface area contributed by atoms with Crippen molar-refractivity contribution in [1.82, 2.24) is 9.80 Å². The lowest BCUT2D eigenvalue weighted by Crippen LogP contribution is -2.27. The summed E-state index contributed by atoms with van der Waals surface area (Å²) in [4.78, 5) is 5.29. The third-order valence-corrected chi connectivity index (χ3v) is 8.07. The van der Waals surface area contributed by atoms with Crippen LogP contribution in [0.2, 0.25) is 0 Å². The quantitative estimate of drug-likeness (QED) is 0.168. The van der Waals surface area contributed by atoms with E-state index in [1.54, 1.807) is 0 Å². The second-order valence-corrected chi connectivity index (χ2v) is 11.2. The summed E-state index contributed by atoms with van der Waals surface area (Å²) < 4.78 is 0. The molecule has 0 N–H and O–H groups in total. The van der Waals surface area contributed by atoms with Crippen LogP contribution in [-0.4, -0.2) is 49.6 Å². The van der Waals surface area contributed by atoms with Crippen LogP contribution in [0.25, 0.3) is 0 Å². The van der Waals surface area contributed by atoms with Gasteiger partial charge in [0.25, 0.3) is 0 Å². The minimum Gasteiger partial charge on any atom is -0.306 e. The molecule has 2 saturated heterocycles. The van der Waals surface area contributed by atoms with Gasteiger partial charge >= 0.3 is 0 Å². The van der Waals surface area contributed by atoms with Crippen LogP contribution in [0.15, 0.2) is 0 Å². The van der Waals surface area contributed by atoms with Gasteiger partial charge in [0.2, 0.25) is 0 Å². The van der Waals surface area contributed by atoms with E-state index in [0.29, 0.717) is 0 Å². The van der Waals surface area contributed by atoms with Crippen molar-refractivity contribution in [3.63, 3.8) is 0 Å². The Morgan fingerprint density at radius 2 is 0.774 bits per heavy atom. The minimum atomic E-state index is 0.982. The van der Waals surface area contributed by atoms with Crippen LogP contribution in [0.4, 0.5) is 0 Å². The first-order chi connectivity index (χ1) is 15.3. The van der Waals surface area contributed by atoms with E-state index in [1.165, 1.54) is 161 Å². The zero-order valence-corrected chi connectivity index (χ0v) is 21.7. The SMILES string of the molecule is CCCCCCCCCCCCCCCCCCCCCCN1CC2CN(C)CC2C1. The van der Waals surface area contributed by atoms with Crippen molar-refractivity contribution < 1.29 is 0 Å². The van der Waals surface area contributed by atoms with Crippen molar-refractivity contribution in [1.29, 1.82) is 0 Å². The Hall–Kier alpha value is -0.0800. The second-order valence-electron chi connectivity index (χ2n) is 11.2. The Bertz CT molecular complexity index is 382. The summed E-state index contributed by atoms with van der Waals surface area (Å²) in [6.45, 7) is 9.14. The molecule has 2 rings (SSSR count). The van der Waals surface area contributed by atoms with E-state index in [-0.39, 0.29) is 0 Å². The zero-order chi connectivity index (χ0) is 22.0. The molecule has 0 aromatic carbocycles. The first-order valence-corrected chi connectivity index (χ1v) is 14.7. The zero-order valence-electron chi connectivity index (χ0n) is 21.7. The Labute approximate surface area is 196 Å². The van der Waals surface area contributed by atoms with E-state index in [9.17, 15) is 0 Å². The van der Waals surface area contributed by atoms with E-state index in [0.717, 1.165) is 11.8 Å². The highest BCUT2D eigenvalue weighted by molar-refractivity contribution is 4.91. The summed E-state index contributed by atoms with van der Waals surface area (Å²) in [7, 11) is 2.29. The molecule has 2 aliphatic rings. The first-order valence-electron chi connectivity index (χ1n) is 14.7. The molecule has 2 atom stereocenters. The summed E-state index contributed by atoms with van der Waals surface area (Å²) in [5.41, 5.74) is 0. The largest absolute Gasteiger partial charge is 0.306 e. The number of rotatable bonds is 21. The molecule has 2 fully saturated rings. The van der Waals surface area contributed by atoms with E-state index >= 15 is 0 Å². The van der Waals surface area contributed by atoms with Gasteiger partial charge in [-0.3, -0.25) is 0 Å². The predicted octanol–water partition coefficient (Wildman–Crippen LogP) is 8.30. The topological polar surface area (TPSA) is 6.48 Å². The molecule has 2 nitrogen and oxygen atoms in total. The lowest BCUT2D eigenvalue weighted by atomic mass is 10.0. The number of nitrogens with zero attached hydrogens (tertiary/aromatic N) is 2. The lowest BCUT2D eigenvalue weighted by molar-refractivity contribution is 0.273. The van der Waals surface area contributed by atoms with E-state index < -0.39 is 0 Å². The Morgan fingerprint density at radius 1 is 0.452 bits per heavy atom. The van der Waals surface area contributed by atoms with Crippen LogP contribution >= 0.6 is 0 Å². The van der Waals surface area contributed by atoms with Gasteiger partial charge in [-0.25, -0.2) is 0 Å². The summed E-state index contributed by atoms with van der Waals surface area (Å²) >= 11 is 0. The fourth-order valence-electron chi connectivity index (χ4n) is 6.10. The number of likely N-dealkylation sites (tertiary alicyclic amines) is 2. The van der Waals surface area contributed by atoms with Gasteiger partial charge in [0.15, 0.2) is 0 Å². The van der Waals surface area contributed by atoms with Gasteiger partial charge in [-0.05, 0) is 31.8 Å². The summed E-state index contributed by atoms with van der Waals surface area (Å²) in [5.74, 6) is 1.96. The molecule has 2 heteroatoms. The molecule has 184 valence electrons. The highest BCUT2D eigenvalue weighted by Gasteiger charge is 2.37. The average Bonchev–Trinajstić information content (AvgIpc) is 3.29. The van der Waals surface area contributed by atoms with Crippen LogP contribution in [-0.2, 0) is 0 Å². The first kappa shape index (κ1) is 27.2. The fraction of sp³-hybridized carbons (Fsp3) is 1.00. The standard InChI is InChI=1S/C29H58N2/c1-3-4-5-6-7-8-9-10-11-12-13-14-15-16-17-18-19-20-21-22-23-31-26-28-24-30(2)25-29(28)27-31/h28-29H,3-27H2,1-2H3. The van der Waals surface area contributed by atoms with Crippen LogP contribution < -0.4 is 0 Å². The van der Waals surface area contributed by atoms with Crippen LogP contribution in [0.3, 0.4) is 0 Å². The maximum atomic E-state index is 2.76. The highest BCUT2D eigenvalue weighted by atomic mass is 15.2. The molecule has 0 saturated carbocycles. The van der Waals surface area contributed by atoms with Gasteiger partial charge in [0.05, 0.1) is 0 Å². The maximum absolute atomic E-state index is 2.76. The van der Waals surface area contributed by atoms with Gasteiger partial charge in [0, 0.05) is 26.2 Å². The van der Waals surface area contributed by atoms with Crippen LogP contribution in [0, 0.1) is 11.8 Å². The van der Waals surface area contributed by atoms with Crippen LogP contribution in [0.5, 0.6) is 0 Å². The average molecular weight is 435 g/mol. The van der Waals surface area contributed by atoms with Crippen LogP contribution in [0.1, 0.15) is 135 Å². The van der Waals surface area contributed by atoms with Gasteiger partial charge in [-0.2, -0.15) is 0 Å². The van der Waals surface area contributed by atoms with Crippen molar-refractivity contribution in [2.45, 2.75) is 135 Å². The summed E-state index contributed by atoms with van der Waals surface area (Å²) in [5, 5.41) is 0. The molecule has 0 radical (unpaired) electrons. The third-order valence-electron chi connectivity index (χ3n) is 8.07. The molecule has 2 aliphatic heterocycles. The summed E-state index contributed by atoms with van der Waals surface area (Å²) in [6, 6.07) is 0. The fourth-order valence-corrected chi connectivity index (χ4v) is 6.10. The Kier molecular flexibility index (Phi) is 16.1. The third kappa shape index (κ3) is 13.3. The van der Waals surface area contributed by atoms with E-state index in [2.05, 4.69) is 23.8 Å². The van der Waals surface area contributed by atoms with Gasteiger partial charge in [-0.1, -0.05) is 129 Å². The summed E-state index contributed by atoms with van der Waals surface area (Å²) in [6.07, 6.45) is 29.5. The molecular weight excluding hydrogens is 376 g/mol. The molecule has 0 aliphatic carbocycles. The molecule has 0 aromatic rings. The smallest absolute Gasteiger partial charge is 0.00256 e. The molecule has 0 spiro atoms. The molecule has 0 bridgehead atoms. The molecule has 31 heavy (non-hydrogen) atoms. The van der Waals surface area contributed by atoms with Crippen molar-refractivity contribution in [2.75, 3.05) is 39.8 Å². The van der Waals surface area contributed by atoms with Gasteiger partial charge in [0.1, 0.15) is 0 Å². The normalized spacial score (nSPS) is 21.9. The number of fused-ring (bicyclic) bond motifs is 1. The molecule has 2 unspecified atom stereocenters. The lowest BCUT2D eigenvalue weighted by Gasteiger charge is -2.18.